The third kappa shape index (κ3) is 4.64. The number of hydrogen-bond donors (Lipinski definition) is 0. The van der Waals surface area contributed by atoms with E-state index < -0.39 is 11.6 Å². The maximum Gasteiger partial charge on any atom is 0.344 e. The molecular weight excluding hydrogens is 408 g/mol. The highest BCUT2D eigenvalue weighted by molar-refractivity contribution is 5.87. The predicted octanol–water partition coefficient (Wildman–Crippen LogP) is 4.90. The number of hydrogen-bond acceptors (Lipinski definition) is 6. The molecule has 0 aliphatic heterocycles. The van der Waals surface area contributed by atoms with Gasteiger partial charge in [-0.05, 0) is 47.9 Å². The molecule has 4 rings (SSSR count). The van der Waals surface area contributed by atoms with Gasteiger partial charge in [0.25, 0.3) is 0 Å². The van der Waals surface area contributed by atoms with Crippen LogP contribution in [0.1, 0.15) is 11.1 Å². The number of esters is 1. The van der Waals surface area contributed by atoms with Gasteiger partial charge in [-0.15, -0.1) is 0 Å². The van der Waals surface area contributed by atoms with Gasteiger partial charge in [-0.3, -0.25) is 0 Å². The second-order valence-corrected chi connectivity index (χ2v) is 7.21. The fourth-order valence-corrected chi connectivity index (χ4v) is 3.44. The van der Waals surface area contributed by atoms with Crippen LogP contribution >= 0.6 is 0 Å². The molecule has 32 heavy (non-hydrogen) atoms. The van der Waals surface area contributed by atoms with E-state index in [2.05, 4.69) is 0 Å². The first kappa shape index (κ1) is 21.2. The summed E-state index contributed by atoms with van der Waals surface area (Å²) in [5, 5.41) is 0.787. The number of ether oxygens (including phenoxy) is 3. The van der Waals surface area contributed by atoms with E-state index in [1.165, 1.54) is 0 Å². The third-order valence-electron chi connectivity index (χ3n) is 5.12. The Morgan fingerprint density at radius 3 is 2.38 bits per heavy atom. The molecule has 0 bridgehead atoms. The number of rotatable bonds is 7. The van der Waals surface area contributed by atoms with Gasteiger partial charge < -0.3 is 18.6 Å². The summed E-state index contributed by atoms with van der Waals surface area (Å²) in [6, 6.07) is 21.8. The summed E-state index contributed by atoms with van der Waals surface area (Å²) >= 11 is 0. The molecule has 6 nitrogen and oxygen atoms in total. The molecule has 162 valence electrons. The van der Waals surface area contributed by atoms with Crippen LogP contribution in [0.3, 0.4) is 0 Å². The summed E-state index contributed by atoms with van der Waals surface area (Å²) in [4.78, 5) is 24.7. The topological polar surface area (TPSA) is 75.0 Å². The Bertz CT molecular complexity index is 1290. The standard InChI is InChI=1S/C26H22O6/c1-17-22-13-12-21(30-16-24(27)31-15-18-6-4-3-5-7-18)14-23(22)32-26(28)25(17)19-8-10-20(29-2)11-9-19/h3-14H,15-16H2,1-2H3. The zero-order valence-corrected chi connectivity index (χ0v) is 17.8. The van der Waals surface area contributed by atoms with E-state index >= 15 is 0 Å². The number of carbonyl (C=O) groups is 1. The van der Waals surface area contributed by atoms with Gasteiger partial charge in [-0.25, -0.2) is 9.59 Å². The van der Waals surface area contributed by atoms with Gasteiger partial charge in [0.15, 0.2) is 6.61 Å². The van der Waals surface area contributed by atoms with E-state index in [0.29, 0.717) is 22.6 Å². The summed E-state index contributed by atoms with van der Waals surface area (Å²) in [7, 11) is 1.59. The van der Waals surface area contributed by atoms with Gasteiger partial charge in [0, 0.05) is 11.5 Å². The molecule has 1 heterocycles. The largest absolute Gasteiger partial charge is 0.497 e. The minimum Gasteiger partial charge on any atom is -0.497 e. The number of aryl methyl sites for hydroxylation is 1. The summed E-state index contributed by atoms with van der Waals surface area (Å²) in [6.07, 6.45) is 0. The summed E-state index contributed by atoms with van der Waals surface area (Å²) < 4.78 is 21.5. The molecule has 6 heteroatoms. The van der Waals surface area contributed by atoms with Gasteiger partial charge in [-0.1, -0.05) is 42.5 Å². The molecule has 0 N–H and O–H groups in total. The van der Waals surface area contributed by atoms with Crippen LogP contribution in [0, 0.1) is 6.92 Å². The summed E-state index contributed by atoms with van der Waals surface area (Å²) in [6.45, 7) is 1.81. The molecule has 0 saturated heterocycles. The zero-order valence-electron chi connectivity index (χ0n) is 17.8. The van der Waals surface area contributed by atoms with E-state index in [1.807, 2.05) is 55.5 Å². The fraction of sp³-hybridized carbons (Fsp3) is 0.154. The monoisotopic (exact) mass is 430 g/mol. The zero-order chi connectivity index (χ0) is 22.5. The lowest BCUT2D eigenvalue weighted by molar-refractivity contribution is -0.147. The van der Waals surface area contributed by atoms with Gasteiger partial charge in [-0.2, -0.15) is 0 Å². The van der Waals surface area contributed by atoms with Crippen molar-refractivity contribution in [2.45, 2.75) is 13.5 Å². The molecule has 0 unspecified atom stereocenters. The average Bonchev–Trinajstić information content (AvgIpc) is 2.82. The number of carbonyl (C=O) groups excluding carboxylic acids is 1. The molecule has 0 fully saturated rings. The van der Waals surface area contributed by atoms with Crippen molar-refractivity contribution < 1.29 is 23.4 Å². The molecule has 0 aliphatic rings. The lowest BCUT2D eigenvalue weighted by atomic mass is 9.99. The van der Waals surface area contributed by atoms with Gasteiger partial charge in [0.2, 0.25) is 0 Å². The second kappa shape index (κ2) is 9.39. The van der Waals surface area contributed by atoms with E-state index in [-0.39, 0.29) is 13.2 Å². The fourth-order valence-electron chi connectivity index (χ4n) is 3.44. The lowest BCUT2D eigenvalue weighted by Crippen LogP contribution is -2.14. The Labute approximate surface area is 185 Å². The Morgan fingerprint density at radius 2 is 1.66 bits per heavy atom. The molecule has 3 aromatic carbocycles. The van der Waals surface area contributed by atoms with Crippen molar-refractivity contribution in [1.82, 2.24) is 0 Å². The minimum absolute atomic E-state index is 0.183. The summed E-state index contributed by atoms with van der Waals surface area (Å²) in [5.41, 5.74) is 2.89. The van der Waals surface area contributed by atoms with Crippen molar-refractivity contribution in [3.63, 3.8) is 0 Å². The van der Waals surface area contributed by atoms with Crippen LogP contribution in [-0.2, 0) is 16.1 Å². The molecule has 1 aromatic heterocycles. The first-order valence-electron chi connectivity index (χ1n) is 10.1. The van der Waals surface area contributed by atoms with Crippen LogP contribution < -0.4 is 15.1 Å². The van der Waals surface area contributed by atoms with Gasteiger partial charge >= 0.3 is 11.6 Å². The average molecular weight is 430 g/mol. The smallest absolute Gasteiger partial charge is 0.344 e. The van der Waals surface area contributed by atoms with E-state index in [9.17, 15) is 9.59 Å². The Morgan fingerprint density at radius 1 is 0.938 bits per heavy atom. The highest BCUT2D eigenvalue weighted by Gasteiger charge is 2.14. The molecule has 0 saturated carbocycles. The van der Waals surface area contributed by atoms with Crippen molar-refractivity contribution in [1.29, 1.82) is 0 Å². The quantitative estimate of drug-likeness (QED) is 0.307. The van der Waals surface area contributed by atoms with Gasteiger partial charge in [0.05, 0.1) is 12.7 Å². The maximum absolute atomic E-state index is 12.7. The SMILES string of the molecule is COc1ccc(-c2c(C)c3ccc(OCC(=O)OCc4ccccc4)cc3oc2=O)cc1. The highest BCUT2D eigenvalue weighted by atomic mass is 16.6. The Hall–Kier alpha value is -4.06. The van der Waals surface area contributed by atoms with Crippen molar-refractivity contribution in [2.24, 2.45) is 0 Å². The molecule has 0 aliphatic carbocycles. The van der Waals surface area contributed by atoms with Crippen molar-refractivity contribution in [3.05, 3.63) is 94.3 Å². The highest BCUT2D eigenvalue weighted by Crippen LogP contribution is 2.29. The molecule has 0 amide bonds. The number of benzene rings is 3. The Balaban J connectivity index is 1.49. The normalized spacial score (nSPS) is 10.7. The molecule has 0 spiro atoms. The van der Waals surface area contributed by atoms with Crippen molar-refractivity contribution in [3.8, 4) is 22.6 Å². The van der Waals surface area contributed by atoms with Crippen LogP contribution in [0.15, 0.2) is 82.0 Å². The molecule has 0 radical (unpaired) electrons. The molecule has 0 atom stereocenters. The second-order valence-electron chi connectivity index (χ2n) is 7.21. The predicted molar refractivity (Wildman–Crippen MR) is 121 cm³/mol. The molecular formula is C26H22O6. The van der Waals surface area contributed by atoms with E-state index in [0.717, 1.165) is 22.1 Å². The third-order valence-corrected chi connectivity index (χ3v) is 5.12. The number of methoxy groups -OCH3 is 1. The Kier molecular flexibility index (Phi) is 6.22. The maximum atomic E-state index is 12.7. The lowest BCUT2D eigenvalue weighted by Gasteiger charge is -2.11. The van der Waals surface area contributed by atoms with E-state index in [4.69, 9.17) is 18.6 Å². The van der Waals surface area contributed by atoms with Crippen LogP contribution in [0.2, 0.25) is 0 Å². The van der Waals surface area contributed by atoms with Crippen LogP contribution in [-0.4, -0.2) is 19.7 Å². The number of fused-ring (bicyclic) bond motifs is 1. The van der Waals surface area contributed by atoms with Crippen LogP contribution in [0.4, 0.5) is 0 Å². The molecule has 4 aromatic rings. The van der Waals surface area contributed by atoms with E-state index in [1.54, 1.807) is 31.4 Å². The van der Waals surface area contributed by atoms with Crippen LogP contribution in [0.25, 0.3) is 22.1 Å². The summed E-state index contributed by atoms with van der Waals surface area (Å²) in [5.74, 6) is 0.635. The minimum atomic E-state index is -0.485. The van der Waals surface area contributed by atoms with Crippen LogP contribution in [0.5, 0.6) is 11.5 Å². The first-order chi connectivity index (χ1) is 15.5. The first-order valence-corrected chi connectivity index (χ1v) is 10.1. The van der Waals surface area contributed by atoms with Crippen molar-refractivity contribution in [2.75, 3.05) is 13.7 Å². The van der Waals surface area contributed by atoms with Gasteiger partial charge in [0.1, 0.15) is 23.7 Å². The van der Waals surface area contributed by atoms with Crippen molar-refractivity contribution >= 4 is 16.9 Å².